The fourth-order valence-corrected chi connectivity index (χ4v) is 6.81. The van der Waals surface area contributed by atoms with Crippen LogP contribution >= 0.6 is 0 Å². The van der Waals surface area contributed by atoms with Crippen LogP contribution in [-0.4, -0.2) is 26.1 Å². The predicted molar refractivity (Wildman–Crippen MR) is 92.5 cm³/mol. The van der Waals surface area contributed by atoms with Crippen LogP contribution in [0, 0.1) is 11.8 Å². The van der Waals surface area contributed by atoms with Crippen LogP contribution in [0.5, 0.6) is 0 Å². The second kappa shape index (κ2) is 5.07. The fourth-order valence-electron chi connectivity index (χ4n) is 6.18. The third-order valence-corrected chi connectivity index (χ3v) is 7.53. The van der Waals surface area contributed by atoms with Gasteiger partial charge in [0.2, 0.25) is 5.91 Å². The molecule has 0 aliphatic heterocycles. The van der Waals surface area contributed by atoms with Gasteiger partial charge in [0.15, 0.2) is 9.84 Å². The molecule has 1 N–H and O–H groups in total. The number of rotatable bonds is 3. The van der Waals surface area contributed by atoms with Crippen molar-refractivity contribution in [3.8, 4) is 0 Å². The molecule has 0 aromatic heterocycles. The van der Waals surface area contributed by atoms with E-state index in [0.717, 1.165) is 19.3 Å². The van der Waals surface area contributed by atoms with Gasteiger partial charge in [0.05, 0.1) is 4.90 Å². The average Bonchev–Trinajstić information content (AvgIpc) is 2.43. The van der Waals surface area contributed by atoms with Gasteiger partial charge in [0, 0.05) is 18.7 Å². The van der Waals surface area contributed by atoms with Crippen LogP contribution in [0.2, 0.25) is 0 Å². The van der Waals surface area contributed by atoms with E-state index in [0.29, 0.717) is 16.7 Å². The van der Waals surface area contributed by atoms with Gasteiger partial charge in [0.1, 0.15) is 0 Å². The number of benzene rings is 1. The highest BCUT2D eigenvalue weighted by molar-refractivity contribution is 7.90. The number of carbonyl (C=O) groups excluding carboxylic acids is 1. The summed E-state index contributed by atoms with van der Waals surface area (Å²) in [4.78, 5) is 12.1. The summed E-state index contributed by atoms with van der Waals surface area (Å²) < 4.78 is 23.4. The molecule has 4 aliphatic rings. The smallest absolute Gasteiger partial charge is 0.217 e. The third-order valence-electron chi connectivity index (χ3n) is 6.40. The molecule has 4 saturated carbocycles. The molecule has 0 heterocycles. The van der Waals surface area contributed by atoms with Crippen LogP contribution in [0.25, 0.3) is 0 Å². The summed E-state index contributed by atoms with van der Waals surface area (Å²) in [7, 11) is -3.16. The van der Waals surface area contributed by atoms with Gasteiger partial charge in [-0.3, -0.25) is 4.79 Å². The summed E-state index contributed by atoms with van der Waals surface area (Å²) >= 11 is 0. The van der Waals surface area contributed by atoms with Crippen molar-refractivity contribution in [1.82, 2.24) is 5.32 Å². The van der Waals surface area contributed by atoms with Gasteiger partial charge in [-0.15, -0.1) is 0 Å². The summed E-state index contributed by atoms with van der Waals surface area (Å²) in [5.74, 6) is 1.42. The first-order valence-electron chi connectivity index (χ1n) is 8.79. The van der Waals surface area contributed by atoms with E-state index in [2.05, 4.69) is 5.32 Å². The molecule has 0 spiro atoms. The molecule has 5 heteroatoms. The van der Waals surface area contributed by atoms with E-state index >= 15 is 0 Å². The van der Waals surface area contributed by atoms with Gasteiger partial charge in [-0.05, 0) is 73.5 Å². The van der Waals surface area contributed by atoms with Crippen molar-refractivity contribution < 1.29 is 13.2 Å². The molecule has 2 unspecified atom stereocenters. The molecular formula is C19H25NO3S. The number of carbonyl (C=O) groups is 1. The van der Waals surface area contributed by atoms with Crippen molar-refractivity contribution in [1.29, 1.82) is 0 Å². The molecule has 4 fully saturated rings. The molecule has 4 aliphatic carbocycles. The normalized spacial score (nSPS) is 37.4. The first kappa shape index (κ1) is 16.1. The Hall–Kier alpha value is -1.36. The average molecular weight is 347 g/mol. The summed E-state index contributed by atoms with van der Waals surface area (Å²) in [5, 5.41) is 3.28. The predicted octanol–water partition coefficient (Wildman–Crippen LogP) is 2.82. The molecule has 1 aromatic carbocycles. The van der Waals surface area contributed by atoms with Crippen LogP contribution < -0.4 is 5.32 Å². The zero-order valence-corrected chi connectivity index (χ0v) is 15.2. The Morgan fingerprint density at radius 3 is 2.17 bits per heavy atom. The lowest BCUT2D eigenvalue weighted by atomic mass is 9.45. The first-order chi connectivity index (χ1) is 11.2. The van der Waals surface area contributed by atoms with E-state index in [9.17, 15) is 13.2 Å². The standard InChI is InChI=1S/C19H25NO3S/c1-13(21)20-19-10-14-7-15(11-19)9-18(8-14,12-19)16-3-5-17(6-4-16)24(2,22)23/h3-6,14-15H,7-12H2,1-2H3,(H,20,21). The summed E-state index contributed by atoms with van der Waals surface area (Å²) in [5.41, 5.74) is 1.30. The molecule has 1 amide bonds. The lowest BCUT2D eigenvalue weighted by Gasteiger charge is -2.62. The van der Waals surface area contributed by atoms with Crippen molar-refractivity contribution >= 4 is 15.7 Å². The highest BCUT2D eigenvalue weighted by atomic mass is 32.2. The van der Waals surface area contributed by atoms with Gasteiger partial charge in [0.25, 0.3) is 0 Å². The van der Waals surface area contributed by atoms with E-state index in [4.69, 9.17) is 0 Å². The van der Waals surface area contributed by atoms with Gasteiger partial charge in [-0.25, -0.2) is 8.42 Å². The van der Waals surface area contributed by atoms with Crippen molar-refractivity contribution in [3.05, 3.63) is 29.8 Å². The van der Waals surface area contributed by atoms with E-state index in [1.807, 2.05) is 12.1 Å². The SMILES string of the molecule is CC(=O)NC12CC3CC(C1)CC(c1ccc(S(C)(=O)=O)cc1)(C3)C2. The van der Waals surface area contributed by atoms with Crippen LogP contribution in [0.4, 0.5) is 0 Å². The minimum Gasteiger partial charge on any atom is -0.351 e. The Kier molecular flexibility index (Phi) is 3.41. The van der Waals surface area contributed by atoms with Crippen LogP contribution in [0.3, 0.4) is 0 Å². The zero-order valence-electron chi connectivity index (χ0n) is 14.3. The first-order valence-corrected chi connectivity index (χ1v) is 10.7. The zero-order chi connectivity index (χ0) is 17.2. The molecule has 0 saturated heterocycles. The number of sulfone groups is 1. The Balaban J connectivity index is 1.71. The highest BCUT2D eigenvalue weighted by Crippen LogP contribution is 2.62. The topological polar surface area (TPSA) is 63.2 Å². The second-order valence-corrected chi connectivity index (χ2v) is 10.5. The lowest BCUT2D eigenvalue weighted by molar-refractivity contribution is -0.125. The van der Waals surface area contributed by atoms with Gasteiger partial charge in [-0.1, -0.05) is 12.1 Å². The Labute approximate surface area is 143 Å². The molecule has 1 aromatic rings. The molecule has 5 rings (SSSR count). The van der Waals surface area contributed by atoms with E-state index in [1.165, 1.54) is 31.1 Å². The maximum atomic E-state index is 11.7. The van der Waals surface area contributed by atoms with Crippen molar-refractivity contribution in [2.75, 3.05) is 6.26 Å². The number of hydrogen-bond acceptors (Lipinski definition) is 3. The Bertz CT molecular complexity index is 767. The Morgan fingerprint density at radius 1 is 1.08 bits per heavy atom. The van der Waals surface area contributed by atoms with E-state index < -0.39 is 9.84 Å². The molecule has 4 nitrogen and oxygen atoms in total. The minimum absolute atomic E-state index is 0.0502. The van der Waals surface area contributed by atoms with Crippen LogP contribution in [0.15, 0.2) is 29.2 Å². The largest absolute Gasteiger partial charge is 0.351 e. The lowest BCUT2D eigenvalue weighted by Crippen LogP contribution is -2.64. The molecule has 4 bridgehead atoms. The van der Waals surface area contributed by atoms with Gasteiger partial charge < -0.3 is 5.32 Å². The maximum absolute atomic E-state index is 11.7. The minimum atomic E-state index is -3.16. The molecule has 130 valence electrons. The van der Waals surface area contributed by atoms with Gasteiger partial charge in [-0.2, -0.15) is 0 Å². The third kappa shape index (κ3) is 2.57. The van der Waals surface area contributed by atoms with Crippen molar-refractivity contribution in [3.63, 3.8) is 0 Å². The van der Waals surface area contributed by atoms with E-state index in [1.54, 1.807) is 19.1 Å². The molecular weight excluding hydrogens is 322 g/mol. The van der Waals surface area contributed by atoms with Crippen LogP contribution in [-0.2, 0) is 20.0 Å². The quantitative estimate of drug-likeness (QED) is 0.914. The second-order valence-electron chi connectivity index (χ2n) is 8.50. The van der Waals surface area contributed by atoms with Crippen molar-refractivity contribution in [2.45, 2.75) is 61.3 Å². The summed E-state index contributed by atoms with van der Waals surface area (Å²) in [6, 6.07) is 7.50. The summed E-state index contributed by atoms with van der Waals surface area (Å²) in [6.45, 7) is 1.62. The number of amides is 1. The van der Waals surface area contributed by atoms with Crippen molar-refractivity contribution in [2.24, 2.45) is 11.8 Å². The number of hydrogen-bond donors (Lipinski definition) is 1. The molecule has 0 radical (unpaired) electrons. The highest BCUT2D eigenvalue weighted by Gasteiger charge is 2.58. The molecule has 2 atom stereocenters. The Morgan fingerprint density at radius 2 is 1.67 bits per heavy atom. The number of nitrogens with one attached hydrogen (secondary N) is 1. The van der Waals surface area contributed by atoms with Gasteiger partial charge >= 0.3 is 0 Å². The monoisotopic (exact) mass is 347 g/mol. The van der Waals surface area contributed by atoms with Crippen LogP contribution in [0.1, 0.15) is 51.0 Å². The molecule has 24 heavy (non-hydrogen) atoms. The van der Waals surface area contributed by atoms with E-state index in [-0.39, 0.29) is 16.9 Å². The fraction of sp³-hybridized carbons (Fsp3) is 0.632. The summed E-state index contributed by atoms with van der Waals surface area (Å²) in [6.07, 6.45) is 8.07. The maximum Gasteiger partial charge on any atom is 0.217 e.